The van der Waals surface area contributed by atoms with Crippen molar-refractivity contribution in [3.63, 3.8) is 0 Å². The van der Waals surface area contributed by atoms with Crippen LogP contribution in [0.25, 0.3) is 10.9 Å². The molecule has 0 bridgehead atoms. The third kappa shape index (κ3) is 4.16. The molecule has 0 N–H and O–H groups in total. The first-order valence-corrected chi connectivity index (χ1v) is 9.84. The number of hydrogen-bond donors (Lipinski definition) is 0. The Morgan fingerprint density at radius 1 is 1.00 bits per heavy atom. The van der Waals surface area contributed by atoms with E-state index in [2.05, 4.69) is 72.7 Å². The fraction of sp³-hybridized carbons (Fsp3) is 0.609. The van der Waals surface area contributed by atoms with Gasteiger partial charge in [0.2, 0.25) is 0 Å². The minimum Gasteiger partial charge on any atom is -0.492 e. The van der Waals surface area contributed by atoms with Crippen LogP contribution >= 0.6 is 0 Å². The maximum atomic E-state index is 6.06. The number of fused-ring (bicyclic) bond motifs is 1. The van der Waals surface area contributed by atoms with Gasteiger partial charge < -0.3 is 4.74 Å². The molecular formula is C23H35NO. The van der Waals surface area contributed by atoms with Gasteiger partial charge in [-0.25, -0.2) is 4.98 Å². The molecule has 0 aliphatic heterocycles. The van der Waals surface area contributed by atoms with E-state index in [1.54, 1.807) is 0 Å². The Hall–Kier alpha value is -1.57. The zero-order valence-electron chi connectivity index (χ0n) is 17.2. The number of hydrogen-bond acceptors (Lipinski definition) is 2. The molecule has 0 aliphatic rings. The van der Waals surface area contributed by atoms with Crippen LogP contribution in [0.5, 0.6) is 5.75 Å². The van der Waals surface area contributed by atoms with E-state index in [1.165, 1.54) is 23.8 Å². The van der Waals surface area contributed by atoms with E-state index in [1.807, 2.05) is 0 Å². The van der Waals surface area contributed by atoms with Gasteiger partial charge in [-0.05, 0) is 36.3 Å². The van der Waals surface area contributed by atoms with Gasteiger partial charge >= 0.3 is 0 Å². The second-order valence-corrected chi connectivity index (χ2v) is 8.48. The average Bonchev–Trinajstić information content (AvgIpc) is 2.57. The highest BCUT2D eigenvalue weighted by molar-refractivity contribution is 5.84. The van der Waals surface area contributed by atoms with E-state index in [0.29, 0.717) is 0 Å². The lowest BCUT2D eigenvalue weighted by molar-refractivity contribution is 0.306. The van der Waals surface area contributed by atoms with Gasteiger partial charge in [-0.1, -0.05) is 73.1 Å². The largest absolute Gasteiger partial charge is 0.492 e. The van der Waals surface area contributed by atoms with E-state index in [0.717, 1.165) is 36.4 Å². The van der Waals surface area contributed by atoms with Crippen LogP contribution in [0.1, 0.15) is 85.4 Å². The molecule has 138 valence electrons. The van der Waals surface area contributed by atoms with Crippen molar-refractivity contribution in [1.29, 1.82) is 0 Å². The molecular weight excluding hydrogens is 306 g/mol. The second-order valence-electron chi connectivity index (χ2n) is 8.48. The smallest absolute Gasteiger partial charge is 0.141 e. The van der Waals surface area contributed by atoms with Gasteiger partial charge in [-0.3, -0.25) is 0 Å². The minimum atomic E-state index is -0.0439. The van der Waals surface area contributed by atoms with E-state index in [4.69, 9.17) is 9.72 Å². The Morgan fingerprint density at radius 3 is 2.28 bits per heavy atom. The van der Waals surface area contributed by atoms with Crippen LogP contribution in [0.4, 0.5) is 0 Å². The van der Waals surface area contributed by atoms with Gasteiger partial charge in [0.15, 0.2) is 0 Å². The highest BCUT2D eigenvalue weighted by Gasteiger charge is 2.28. The average molecular weight is 342 g/mol. The Morgan fingerprint density at radius 2 is 1.72 bits per heavy atom. The Balaban J connectivity index is 2.72. The van der Waals surface area contributed by atoms with Crippen LogP contribution in [0.2, 0.25) is 0 Å². The fourth-order valence-corrected chi connectivity index (χ4v) is 3.58. The fourth-order valence-electron chi connectivity index (χ4n) is 3.58. The van der Waals surface area contributed by atoms with Crippen LogP contribution in [0.3, 0.4) is 0 Å². The van der Waals surface area contributed by atoms with E-state index in [9.17, 15) is 0 Å². The van der Waals surface area contributed by atoms with E-state index < -0.39 is 0 Å². The lowest BCUT2D eigenvalue weighted by Crippen LogP contribution is -2.22. The standard InChI is InChI=1S/C23H35NO/c1-8-14-23(7,10-3)18-13-11-12-17-16-19(25-15-9-2)21(22(4,5)6)24-20(17)18/h11-13,16H,8-10,14-15H2,1-7H3. The first kappa shape index (κ1) is 19.8. The summed E-state index contributed by atoms with van der Waals surface area (Å²) in [7, 11) is 0. The normalized spacial score (nSPS) is 14.5. The third-order valence-corrected chi connectivity index (χ3v) is 5.22. The van der Waals surface area contributed by atoms with Crippen LogP contribution < -0.4 is 4.74 Å². The number of aromatic nitrogens is 1. The highest BCUT2D eigenvalue weighted by Crippen LogP contribution is 2.39. The lowest BCUT2D eigenvalue weighted by Gasteiger charge is -2.30. The van der Waals surface area contributed by atoms with Gasteiger partial charge in [-0.15, -0.1) is 0 Å². The van der Waals surface area contributed by atoms with Crippen LogP contribution in [0.15, 0.2) is 24.3 Å². The Bertz CT molecular complexity index is 714. The zero-order valence-corrected chi connectivity index (χ0v) is 17.2. The van der Waals surface area contributed by atoms with Gasteiger partial charge in [-0.2, -0.15) is 0 Å². The molecule has 1 heterocycles. The maximum Gasteiger partial charge on any atom is 0.141 e. The Kier molecular flexibility index (Phi) is 6.13. The van der Waals surface area contributed by atoms with E-state index >= 15 is 0 Å². The van der Waals surface area contributed by atoms with Crippen molar-refractivity contribution in [3.05, 3.63) is 35.5 Å². The molecule has 1 atom stereocenters. The number of pyridine rings is 1. The summed E-state index contributed by atoms with van der Waals surface area (Å²) in [6, 6.07) is 8.81. The van der Waals surface area contributed by atoms with Gasteiger partial charge in [0.05, 0.1) is 17.8 Å². The van der Waals surface area contributed by atoms with Crippen LogP contribution in [0, 0.1) is 0 Å². The molecule has 0 saturated carbocycles. The predicted molar refractivity (Wildman–Crippen MR) is 109 cm³/mol. The topological polar surface area (TPSA) is 22.1 Å². The van der Waals surface area contributed by atoms with Crippen molar-refractivity contribution >= 4 is 10.9 Å². The molecule has 1 aromatic carbocycles. The molecule has 2 rings (SSSR count). The summed E-state index contributed by atoms with van der Waals surface area (Å²) in [6.45, 7) is 16.5. The van der Waals surface area contributed by atoms with Crippen molar-refractivity contribution < 1.29 is 4.74 Å². The van der Waals surface area contributed by atoms with Crippen molar-refractivity contribution in [3.8, 4) is 5.75 Å². The van der Waals surface area contributed by atoms with E-state index in [-0.39, 0.29) is 10.8 Å². The quantitative estimate of drug-likeness (QED) is 0.553. The van der Waals surface area contributed by atoms with Crippen LogP contribution in [-0.4, -0.2) is 11.6 Å². The van der Waals surface area contributed by atoms with Gasteiger partial charge in [0.25, 0.3) is 0 Å². The summed E-state index contributed by atoms with van der Waals surface area (Å²) in [5.74, 6) is 0.938. The molecule has 0 saturated heterocycles. The summed E-state index contributed by atoms with van der Waals surface area (Å²) < 4.78 is 6.06. The molecule has 0 fully saturated rings. The van der Waals surface area contributed by atoms with Crippen LogP contribution in [-0.2, 0) is 10.8 Å². The summed E-state index contributed by atoms with van der Waals surface area (Å²) in [4.78, 5) is 5.17. The second kappa shape index (κ2) is 7.76. The summed E-state index contributed by atoms with van der Waals surface area (Å²) in [5.41, 5.74) is 3.71. The number of para-hydroxylation sites is 1. The first-order chi connectivity index (χ1) is 11.8. The molecule has 1 aromatic heterocycles. The highest BCUT2D eigenvalue weighted by atomic mass is 16.5. The first-order valence-electron chi connectivity index (χ1n) is 9.84. The monoisotopic (exact) mass is 341 g/mol. The number of ether oxygens (including phenoxy) is 1. The molecule has 2 aromatic rings. The molecule has 25 heavy (non-hydrogen) atoms. The maximum absolute atomic E-state index is 6.06. The predicted octanol–water partition coefficient (Wildman–Crippen LogP) is 6.79. The molecule has 1 unspecified atom stereocenters. The number of nitrogens with zero attached hydrogens (tertiary/aromatic N) is 1. The Labute approximate surface area is 154 Å². The summed E-state index contributed by atoms with van der Waals surface area (Å²) in [5, 5.41) is 1.19. The third-order valence-electron chi connectivity index (χ3n) is 5.22. The minimum absolute atomic E-state index is 0.0439. The molecule has 2 heteroatoms. The molecule has 0 spiro atoms. The number of rotatable bonds is 7. The van der Waals surface area contributed by atoms with Crippen molar-refractivity contribution in [2.45, 2.75) is 85.0 Å². The van der Waals surface area contributed by atoms with Crippen molar-refractivity contribution in [2.75, 3.05) is 6.61 Å². The molecule has 0 radical (unpaired) electrons. The molecule has 0 amide bonds. The van der Waals surface area contributed by atoms with Gasteiger partial charge in [0.1, 0.15) is 5.75 Å². The molecule has 2 nitrogen and oxygen atoms in total. The zero-order chi connectivity index (χ0) is 18.7. The summed E-state index contributed by atoms with van der Waals surface area (Å²) in [6.07, 6.45) is 4.50. The van der Waals surface area contributed by atoms with Crippen molar-refractivity contribution in [2.24, 2.45) is 0 Å². The molecule has 0 aliphatic carbocycles. The number of benzene rings is 1. The lowest BCUT2D eigenvalue weighted by atomic mass is 9.75. The summed E-state index contributed by atoms with van der Waals surface area (Å²) >= 11 is 0. The van der Waals surface area contributed by atoms with Crippen molar-refractivity contribution in [1.82, 2.24) is 4.98 Å². The van der Waals surface area contributed by atoms with Gasteiger partial charge in [0, 0.05) is 10.8 Å². The SMILES string of the molecule is CCCOc1cc2cccc(C(C)(CC)CCC)c2nc1C(C)(C)C.